The van der Waals surface area contributed by atoms with Crippen LogP contribution in [0.5, 0.6) is 0 Å². The Hall–Kier alpha value is -1.62. The maximum Gasteiger partial charge on any atom is 0.268 e. The van der Waals surface area contributed by atoms with Crippen LogP contribution in [0, 0.1) is 0 Å². The summed E-state index contributed by atoms with van der Waals surface area (Å²) >= 11 is 3.41. The van der Waals surface area contributed by atoms with Gasteiger partial charge in [-0.2, -0.15) is 0 Å². The van der Waals surface area contributed by atoms with Gasteiger partial charge in [-0.05, 0) is 38.5 Å². The predicted molar refractivity (Wildman–Crippen MR) is 83.8 cm³/mol. The molecule has 0 aliphatic carbocycles. The Morgan fingerprint density at radius 2 is 1.80 bits per heavy atom. The number of amides is 2. The molecule has 0 bridgehead atoms. The van der Waals surface area contributed by atoms with Crippen molar-refractivity contribution in [2.75, 3.05) is 0 Å². The molecule has 0 unspecified atom stereocenters. The smallest absolute Gasteiger partial charge is 0.268 e. The molecule has 0 heterocycles. The maximum atomic E-state index is 12.2. The second kappa shape index (κ2) is 6.70. The molecule has 0 radical (unpaired) electrons. The van der Waals surface area contributed by atoms with Crippen LogP contribution in [-0.4, -0.2) is 17.4 Å². The first-order valence-electron chi connectivity index (χ1n) is 6.25. The molecule has 0 spiro atoms. The lowest BCUT2D eigenvalue weighted by Gasteiger charge is -2.21. The van der Waals surface area contributed by atoms with Gasteiger partial charge in [0.1, 0.15) is 5.70 Å². The molecule has 1 rings (SSSR count). The highest BCUT2D eigenvalue weighted by molar-refractivity contribution is 9.10. The highest BCUT2D eigenvalue weighted by Gasteiger charge is 2.18. The average molecular weight is 339 g/mol. The van der Waals surface area contributed by atoms with E-state index in [1.807, 2.05) is 45.0 Å². The zero-order valence-electron chi connectivity index (χ0n) is 12.1. The number of carbonyl (C=O) groups excluding carboxylic acids is 2. The van der Waals surface area contributed by atoms with Gasteiger partial charge in [0.2, 0.25) is 5.91 Å². The van der Waals surface area contributed by atoms with E-state index in [9.17, 15) is 9.59 Å². The van der Waals surface area contributed by atoms with E-state index < -0.39 is 0 Å². The summed E-state index contributed by atoms with van der Waals surface area (Å²) in [4.78, 5) is 23.5. The van der Waals surface area contributed by atoms with Crippen LogP contribution in [0.3, 0.4) is 0 Å². The van der Waals surface area contributed by atoms with Crippen molar-refractivity contribution in [3.05, 3.63) is 40.0 Å². The van der Waals surface area contributed by atoms with Crippen LogP contribution in [0.2, 0.25) is 0 Å². The van der Waals surface area contributed by atoms with Crippen LogP contribution < -0.4 is 10.6 Å². The quantitative estimate of drug-likeness (QED) is 0.832. The van der Waals surface area contributed by atoms with Crippen molar-refractivity contribution in [3.8, 4) is 0 Å². The van der Waals surface area contributed by atoms with Crippen LogP contribution >= 0.6 is 15.9 Å². The predicted octanol–water partition coefficient (Wildman–Crippen LogP) is 2.84. The number of halogens is 1. The Morgan fingerprint density at radius 3 is 2.30 bits per heavy atom. The average Bonchev–Trinajstić information content (AvgIpc) is 2.28. The van der Waals surface area contributed by atoms with Crippen LogP contribution in [-0.2, 0) is 9.59 Å². The van der Waals surface area contributed by atoms with Gasteiger partial charge in [0.25, 0.3) is 5.91 Å². The van der Waals surface area contributed by atoms with Crippen molar-refractivity contribution in [3.63, 3.8) is 0 Å². The molecule has 4 nitrogen and oxygen atoms in total. The first kappa shape index (κ1) is 16.4. The number of nitrogens with one attached hydrogen (secondary N) is 2. The van der Waals surface area contributed by atoms with E-state index in [2.05, 4.69) is 26.6 Å². The summed E-state index contributed by atoms with van der Waals surface area (Å²) in [6.45, 7) is 7.02. The fourth-order valence-electron chi connectivity index (χ4n) is 1.50. The molecule has 2 amide bonds. The third-order valence-corrected chi connectivity index (χ3v) is 2.97. The monoisotopic (exact) mass is 338 g/mol. The highest BCUT2D eigenvalue weighted by atomic mass is 79.9. The Bertz CT molecular complexity index is 545. The van der Waals surface area contributed by atoms with Gasteiger partial charge in [-0.3, -0.25) is 9.59 Å². The van der Waals surface area contributed by atoms with Gasteiger partial charge >= 0.3 is 0 Å². The first-order chi connectivity index (χ1) is 9.19. The largest absolute Gasteiger partial charge is 0.346 e. The van der Waals surface area contributed by atoms with Gasteiger partial charge in [-0.15, -0.1) is 0 Å². The second-order valence-corrected chi connectivity index (χ2v) is 6.32. The standard InChI is InChI=1S/C15H19BrN2O2/c1-10(19)17-13(14(20)18-15(2,3)4)9-11-7-5-6-8-12(11)16/h5-9H,1-4H3,(H,17,19)(H,18,20)/b13-9+. The summed E-state index contributed by atoms with van der Waals surface area (Å²) in [5, 5.41) is 5.39. The molecule has 0 saturated heterocycles. The first-order valence-corrected chi connectivity index (χ1v) is 7.04. The fraction of sp³-hybridized carbons (Fsp3) is 0.333. The van der Waals surface area contributed by atoms with Crippen molar-refractivity contribution < 1.29 is 9.59 Å². The zero-order chi connectivity index (χ0) is 15.3. The molecule has 20 heavy (non-hydrogen) atoms. The van der Waals surface area contributed by atoms with Gasteiger partial charge in [0.05, 0.1) is 0 Å². The molecule has 0 saturated carbocycles. The molecule has 0 aliphatic rings. The molecule has 0 aromatic heterocycles. The van der Waals surface area contributed by atoms with Crippen LogP contribution in [0.4, 0.5) is 0 Å². The van der Waals surface area contributed by atoms with E-state index in [-0.39, 0.29) is 23.1 Å². The van der Waals surface area contributed by atoms with Gasteiger partial charge in [-0.25, -0.2) is 0 Å². The lowest BCUT2D eigenvalue weighted by molar-refractivity contribution is -0.123. The van der Waals surface area contributed by atoms with E-state index in [4.69, 9.17) is 0 Å². The second-order valence-electron chi connectivity index (χ2n) is 5.46. The number of carbonyl (C=O) groups is 2. The maximum absolute atomic E-state index is 12.2. The molecular weight excluding hydrogens is 320 g/mol. The highest BCUT2D eigenvalue weighted by Crippen LogP contribution is 2.18. The number of benzene rings is 1. The fourth-order valence-corrected chi connectivity index (χ4v) is 1.90. The van der Waals surface area contributed by atoms with E-state index >= 15 is 0 Å². The molecule has 0 atom stereocenters. The van der Waals surface area contributed by atoms with E-state index in [1.165, 1.54) is 6.92 Å². The summed E-state index contributed by atoms with van der Waals surface area (Å²) in [5.41, 5.74) is 0.669. The minimum atomic E-state index is -0.372. The van der Waals surface area contributed by atoms with Crippen molar-refractivity contribution in [2.45, 2.75) is 33.2 Å². The normalized spacial score (nSPS) is 11.9. The molecule has 1 aromatic carbocycles. The van der Waals surface area contributed by atoms with Crippen molar-refractivity contribution in [1.29, 1.82) is 0 Å². The van der Waals surface area contributed by atoms with Crippen molar-refractivity contribution in [1.82, 2.24) is 10.6 Å². The molecule has 0 fully saturated rings. The number of rotatable bonds is 3. The lowest BCUT2D eigenvalue weighted by Crippen LogP contribution is -2.44. The molecule has 108 valence electrons. The van der Waals surface area contributed by atoms with Crippen LogP contribution in [0.1, 0.15) is 33.3 Å². The summed E-state index contributed by atoms with van der Waals surface area (Å²) in [5.74, 6) is -0.601. The molecular formula is C15H19BrN2O2. The van der Waals surface area contributed by atoms with Gasteiger partial charge in [0, 0.05) is 16.9 Å². The summed E-state index contributed by atoms with van der Waals surface area (Å²) < 4.78 is 0.853. The van der Waals surface area contributed by atoms with Crippen molar-refractivity contribution >= 4 is 33.8 Å². The molecule has 5 heteroatoms. The van der Waals surface area contributed by atoms with Crippen LogP contribution in [0.25, 0.3) is 6.08 Å². The Labute approximate surface area is 127 Å². The van der Waals surface area contributed by atoms with E-state index in [0.717, 1.165) is 10.0 Å². The van der Waals surface area contributed by atoms with Crippen LogP contribution in [0.15, 0.2) is 34.4 Å². The molecule has 2 N–H and O–H groups in total. The minimum absolute atomic E-state index is 0.222. The number of hydrogen-bond donors (Lipinski definition) is 2. The summed E-state index contributed by atoms with van der Waals surface area (Å²) in [7, 11) is 0. The summed E-state index contributed by atoms with van der Waals surface area (Å²) in [6, 6.07) is 7.48. The summed E-state index contributed by atoms with van der Waals surface area (Å²) in [6.07, 6.45) is 1.65. The lowest BCUT2D eigenvalue weighted by atomic mass is 10.1. The minimum Gasteiger partial charge on any atom is -0.346 e. The third-order valence-electron chi connectivity index (χ3n) is 2.25. The molecule has 1 aromatic rings. The third kappa shape index (κ3) is 5.57. The van der Waals surface area contributed by atoms with Gasteiger partial charge in [-0.1, -0.05) is 34.1 Å². The van der Waals surface area contributed by atoms with E-state index in [1.54, 1.807) is 6.08 Å². The number of hydrogen-bond acceptors (Lipinski definition) is 2. The topological polar surface area (TPSA) is 58.2 Å². The van der Waals surface area contributed by atoms with Crippen molar-refractivity contribution in [2.24, 2.45) is 0 Å². The van der Waals surface area contributed by atoms with Gasteiger partial charge < -0.3 is 10.6 Å². The Balaban J connectivity index is 3.09. The van der Waals surface area contributed by atoms with Gasteiger partial charge in [0.15, 0.2) is 0 Å². The van der Waals surface area contributed by atoms with E-state index in [0.29, 0.717) is 0 Å². The Kier molecular flexibility index (Phi) is 5.51. The molecule has 0 aliphatic heterocycles. The SMILES string of the molecule is CC(=O)N/C(=C/c1ccccc1Br)C(=O)NC(C)(C)C. The zero-order valence-corrected chi connectivity index (χ0v) is 13.7. The Morgan fingerprint density at radius 1 is 1.20 bits per heavy atom.